The van der Waals surface area contributed by atoms with E-state index in [1.54, 1.807) is 30.2 Å². The van der Waals surface area contributed by atoms with E-state index in [1.165, 1.54) is 26.4 Å². The van der Waals surface area contributed by atoms with Crippen LogP contribution in [0.15, 0.2) is 47.5 Å². The van der Waals surface area contributed by atoms with Crippen molar-refractivity contribution < 1.29 is 17.9 Å². The maximum atomic E-state index is 12.9. The second-order valence-corrected chi connectivity index (χ2v) is 11.6. The Kier molecular flexibility index (Phi) is 8.60. The minimum Gasteiger partial charge on any atom is -0.495 e. The zero-order valence-corrected chi connectivity index (χ0v) is 24.1. The lowest BCUT2D eigenvalue weighted by Gasteiger charge is -2.23. The summed E-state index contributed by atoms with van der Waals surface area (Å²) in [6.45, 7) is 6.19. The first-order valence-corrected chi connectivity index (χ1v) is 14.2. The molecule has 0 bridgehead atoms. The number of sulfonamides is 1. The van der Waals surface area contributed by atoms with Gasteiger partial charge in [-0.15, -0.1) is 0 Å². The van der Waals surface area contributed by atoms with E-state index in [-0.39, 0.29) is 27.6 Å². The summed E-state index contributed by atoms with van der Waals surface area (Å²) in [4.78, 5) is 25.6. The fourth-order valence-electron chi connectivity index (χ4n) is 4.29. The van der Waals surface area contributed by atoms with Gasteiger partial charge in [0.05, 0.1) is 36.9 Å². The van der Waals surface area contributed by atoms with Gasteiger partial charge in [0, 0.05) is 27.2 Å². The van der Waals surface area contributed by atoms with Gasteiger partial charge in [0.2, 0.25) is 21.9 Å². The van der Waals surface area contributed by atoms with Crippen LogP contribution in [0, 0.1) is 0 Å². The van der Waals surface area contributed by atoms with Gasteiger partial charge in [0.15, 0.2) is 5.82 Å². The van der Waals surface area contributed by atoms with Gasteiger partial charge in [-0.05, 0) is 43.3 Å². The molecule has 0 aliphatic carbocycles. The molecule has 0 fully saturated rings. The standard InChI is InChI=1S/C26H32ClN7O4S/c1-6-33-15-17-12-22(38-5)20(13-21(17)34(7-2)24(35)16-33)30-26-28-14-18(27)25(31-26)29-19-10-8-9-11-23(19)39(36,37)32(3)4/h8-14H,6-7,15-16H2,1-5H3,(H2,28,29,30,31). The molecule has 11 nitrogen and oxygen atoms in total. The first-order valence-electron chi connectivity index (χ1n) is 12.4. The van der Waals surface area contributed by atoms with E-state index in [2.05, 4.69) is 25.5 Å². The molecule has 39 heavy (non-hydrogen) atoms. The van der Waals surface area contributed by atoms with Crippen LogP contribution < -0.4 is 20.3 Å². The maximum absolute atomic E-state index is 12.9. The number of anilines is 5. The molecule has 2 aromatic carbocycles. The van der Waals surface area contributed by atoms with Crippen LogP contribution in [-0.4, -0.2) is 74.3 Å². The molecule has 208 valence electrons. The van der Waals surface area contributed by atoms with Crippen molar-refractivity contribution in [2.24, 2.45) is 0 Å². The number of ether oxygens (including phenoxy) is 1. The Bertz CT molecular complexity index is 1480. The summed E-state index contributed by atoms with van der Waals surface area (Å²) >= 11 is 6.38. The number of hydrogen-bond donors (Lipinski definition) is 2. The number of aromatic nitrogens is 2. The molecule has 4 rings (SSSR count). The number of para-hydroxylation sites is 1. The average molecular weight is 574 g/mol. The van der Waals surface area contributed by atoms with Gasteiger partial charge in [0.25, 0.3) is 0 Å². The Hall–Kier alpha value is -3.45. The number of carbonyl (C=O) groups is 1. The molecule has 1 aliphatic heterocycles. The highest BCUT2D eigenvalue weighted by Gasteiger charge is 2.27. The molecule has 13 heteroatoms. The van der Waals surface area contributed by atoms with Crippen molar-refractivity contribution in [3.05, 3.63) is 53.2 Å². The predicted molar refractivity (Wildman–Crippen MR) is 153 cm³/mol. The van der Waals surface area contributed by atoms with Crippen LogP contribution >= 0.6 is 11.6 Å². The number of nitrogens with zero attached hydrogens (tertiary/aromatic N) is 5. The van der Waals surface area contributed by atoms with Gasteiger partial charge >= 0.3 is 0 Å². The van der Waals surface area contributed by atoms with Crippen molar-refractivity contribution in [2.75, 3.05) is 56.4 Å². The van der Waals surface area contributed by atoms with Gasteiger partial charge in [-0.1, -0.05) is 30.7 Å². The van der Waals surface area contributed by atoms with Crippen molar-refractivity contribution in [3.8, 4) is 5.75 Å². The Morgan fingerprint density at radius 2 is 1.82 bits per heavy atom. The minimum atomic E-state index is -3.72. The molecule has 0 saturated carbocycles. The predicted octanol–water partition coefficient (Wildman–Crippen LogP) is 4.06. The molecule has 3 aromatic rings. The molecule has 0 atom stereocenters. The van der Waals surface area contributed by atoms with Crippen LogP contribution in [0.5, 0.6) is 5.75 Å². The van der Waals surface area contributed by atoms with Crippen molar-refractivity contribution in [3.63, 3.8) is 0 Å². The molecule has 0 radical (unpaired) electrons. The zero-order valence-electron chi connectivity index (χ0n) is 22.5. The summed E-state index contributed by atoms with van der Waals surface area (Å²) in [7, 11) is 0.780. The summed E-state index contributed by atoms with van der Waals surface area (Å²) in [5.74, 6) is 1.00. The number of rotatable bonds is 9. The molecular weight excluding hydrogens is 542 g/mol. The second-order valence-electron chi connectivity index (χ2n) is 9.05. The van der Waals surface area contributed by atoms with E-state index in [9.17, 15) is 13.2 Å². The number of benzene rings is 2. The molecule has 2 N–H and O–H groups in total. The van der Waals surface area contributed by atoms with Crippen molar-refractivity contribution in [2.45, 2.75) is 25.3 Å². The van der Waals surface area contributed by atoms with Gasteiger partial charge < -0.3 is 20.3 Å². The summed E-state index contributed by atoms with van der Waals surface area (Å²) in [5.41, 5.74) is 2.65. The fraction of sp³-hybridized carbons (Fsp3) is 0.346. The smallest absolute Gasteiger partial charge is 0.244 e. The maximum Gasteiger partial charge on any atom is 0.244 e. The van der Waals surface area contributed by atoms with Gasteiger partial charge in [0.1, 0.15) is 15.7 Å². The van der Waals surface area contributed by atoms with Crippen LogP contribution in [0.3, 0.4) is 0 Å². The van der Waals surface area contributed by atoms with Crippen LogP contribution in [0.2, 0.25) is 5.02 Å². The number of hydrogen-bond acceptors (Lipinski definition) is 9. The second kappa shape index (κ2) is 11.7. The molecule has 0 spiro atoms. The average Bonchev–Trinajstić information content (AvgIpc) is 3.04. The molecule has 1 aliphatic rings. The normalized spacial score (nSPS) is 14.2. The summed E-state index contributed by atoms with van der Waals surface area (Å²) < 4.78 is 32.4. The van der Waals surface area contributed by atoms with Crippen LogP contribution in [-0.2, 0) is 21.4 Å². The minimum absolute atomic E-state index is 0.0230. The highest BCUT2D eigenvalue weighted by molar-refractivity contribution is 7.89. The van der Waals surface area contributed by atoms with E-state index in [0.29, 0.717) is 36.8 Å². The van der Waals surface area contributed by atoms with E-state index >= 15 is 0 Å². The van der Waals surface area contributed by atoms with E-state index in [0.717, 1.165) is 22.1 Å². The largest absolute Gasteiger partial charge is 0.495 e. The number of amides is 1. The van der Waals surface area contributed by atoms with Crippen LogP contribution in [0.1, 0.15) is 19.4 Å². The lowest BCUT2D eigenvalue weighted by atomic mass is 10.1. The SMILES string of the molecule is CCN1CC(=O)N(CC)c2cc(Nc3ncc(Cl)c(Nc4ccccc4S(=O)(=O)N(C)C)n3)c(OC)cc2C1. The lowest BCUT2D eigenvalue weighted by Crippen LogP contribution is -2.37. The van der Waals surface area contributed by atoms with Crippen molar-refractivity contribution >= 4 is 56.4 Å². The number of halogens is 1. The number of carbonyl (C=O) groups excluding carboxylic acids is 1. The van der Waals surface area contributed by atoms with E-state index in [4.69, 9.17) is 16.3 Å². The van der Waals surface area contributed by atoms with Gasteiger partial charge in [-0.3, -0.25) is 9.69 Å². The lowest BCUT2D eigenvalue weighted by molar-refractivity contribution is -0.119. The Morgan fingerprint density at radius 3 is 2.49 bits per heavy atom. The third kappa shape index (κ3) is 5.93. The third-order valence-corrected chi connectivity index (χ3v) is 8.55. The third-order valence-electron chi connectivity index (χ3n) is 6.40. The highest BCUT2D eigenvalue weighted by Crippen LogP contribution is 2.37. The quantitative estimate of drug-likeness (QED) is 0.390. The Labute approximate surface area is 233 Å². The number of nitrogens with one attached hydrogen (secondary N) is 2. The molecule has 1 amide bonds. The van der Waals surface area contributed by atoms with Crippen molar-refractivity contribution in [1.29, 1.82) is 0 Å². The number of fused-ring (bicyclic) bond motifs is 1. The molecule has 0 unspecified atom stereocenters. The van der Waals surface area contributed by atoms with E-state index < -0.39 is 10.0 Å². The first-order chi connectivity index (χ1) is 18.6. The number of likely N-dealkylation sites (N-methyl/N-ethyl adjacent to an activating group) is 2. The summed E-state index contributed by atoms with van der Waals surface area (Å²) in [6, 6.07) is 10.3. The summed E-state index contributed by atoms with van der Waals surface area (Å²) in [6.07, 6.45) is 1.42. The Balaban J connectivity index is 1.71. The van der Waals surface area contributed by atoms with Gasteiger partial charge in [-0.25, -0.2) is 17.7 Å². The molecule has 0 saturated heterocycles. The van der Waals surface area contributed by atoms with Crippen LogP contribution in [0.4, 0.5) is 28.8 Å². The molecule has 2 heterocycles. The molecular formula is C26H32ClN7O4S. The fourth-order valence-corrected chi connectivity index (χ4v) is 5.47. The zero-order chi connectivity index (χ0) is 28.3. The Morgan fingerprint density at radius 1 is 1.08 bits per heavy atom. The number of methoxy groups -OCH3 is 1. The van der Waals surface area contributed by atoms with Crippen LogP contribution in [0.25, 0.3) is 0 Å². The monoisotopic (exact) mass is 573 g/mol. The summed E-state index contributed by atoms with van der Waals surface area (Å²) in [5, 5.41) is 6.40. The van der Waals surface area contributed by atoms with Gasteiger partial charge in [-0.2, -0.15) is 4.98 Å². The highest BCUT2D eigenvalue weighted by atomic mass is 35.5. The first kappa shape index (κ1) is 28.6. The van der Waals surface area contributed by atoms with Crippen molar-refractivity contribution in [1.82, 2.24) is 19.2 Å². The molecule has 1 aromatic heterocycles. The van der Waals surface area contributed by atoms with E-state index in [1.807, 2.05) is 26.0 Å². The topological polar surface area (TPSA) is 120 Å².